The van der Waals surface area contributed by atoms with Crippen LogP contribution in [0, 0.1) is 0 Å². The van der Waals surface area contributed by atoms with Crippen molar-refractivity contribution in [1.29, 1.82) is 0 Å². The summed E-state index contributed by atoms with van der Waals surface area (Å²) in [5.74, 6) is 0.279. The van der Waals surface area contributed by atoms with Gasteiger partial charge in [-0.2, -0.15) is 5.10 Å². The zero-order chi connectivity index (χ0) is 15.9. The lowest BCUT2D eigenvalue weighted by molar-refractivity contribution is 0.184. The third-order valence-electron chi connectivity index (χ3n) is 3.11. The number of ether oxygens (including phenoxy) is 1. The average Bonchev–Trinajstić information content (AvgIpc) is 2.90. The molecule has 0 atom stereocenters. The van der Waals surface area contributed by atoms with E-state index in [-0.39, 0.29) is 5.88 Å². The van der Waals surface area contributed by atoms with E-state index in [9.17, 15) is 4.39 Å². The van der Waals surface area contributed by atoms with Crippen LogP contribution in [0.25, 0.3) is 11.6 Å². The molecule has 0 aromatic carbocycles. The van der Waals surface area contributed by atoms with Crippen LogP contribution in [0.15, 0.2) is 37.2 Å². The van der Waals surface area contributed by atoms with E-state index >= 15 is 0 Å². The SMILES string of the molecule is C=C(C)c1cn(Cc2ccc(OCF)nc2)nc1/C=C\CC. The van der Waals surface area contributed by atoms with Crippen LogP contribution < -0.4 is 4.74 Å². The van der Waals surface area contributed by atoms with E-state index in [0.29, 0.717) is 6.54 Å². The molecule has 0 radical (unpaired) electrons. The highest BCUT2D eigenvalue weighted by atomic mass is 19.1. The minimum Gasteiger partial charge on any atom is -0.446 e. The van der Waals surface area contributed by atoms with Crippen LogP contribution in [0.1, 0.15) is 37.1 Å². The van der Waals surface area contributed by atoms with Gasteiger partial charge in [-0.25, -0.2) is 9.37 Å². The minimum atomic E-state index is -0.874. The summed E-state index contributed by atoms with van der Waals surface area (Å²) in [6.07, 6.45) is 8.68. The number of alkyl halides is 1. The van der Waals surface area contributed by atoms with Crippen LogP contribution >= 0.6 is 0 Å². The third-order valence-corrected chi connectivity index (χ3v) is 3.11. The molecule has 0 bridgehead atoms. The molecule has 0 N–H and O–H groups in total. The predicted octanol–water partition coefficient (Wildman–Crippen LogP) is 4.09. The molecule has 0 amide bonds. The van der Waals surface area contributed by atoms with E-state index in [0.717, 1.165) is 28.8 Å². The molecule has 0 fully saturated rings. The normalized spacial score (nSPS) is 11.0. The molecular formula is C17H20FN3O. The maximum Gasteiger partial charge on any atom is 0.230 e. The minimum absolute atomic E-state index is 0.279. The quantitative estimate of drug-likeness (QED) is 0.773. The Balaban J connectivity index is 2.18. The Kier molecular flexibility index (Phi) is 5.47. The van der Waals surface area contributed by atoms with Crippen molar-refractivity contribution >= 4 is 11.6 Å². The van der Waals surface area contributed by atoms with Crippen molar-refractivity contribution < 1.29 is 9.13 Å². The summed E-state index contributed by atoms with van der Waals surface area (Å²) in [6, 6.07) is 3.50. The van der Waals surface area contributed by atoms with Crippen LogP contribution in [-0.2, 0) is 6.54 Å². The molecule has 2 rings (SSSR count). The summed E-state index contributed by atoms with van der Waals surface area (Å²) in [4.78, 5) is 4.04. The molecule has 22 heavy (non-hydrogen) atoms. The first-order chi connectivity index (χ1) is 10.6. The maximum atomic E-state index is 12.1. The van der Waals surface area contributed by atoms with Crippen molar-refractivity contribution in [3.8, 4) is 5.88 Å². The first kappa shape index (κ1) is 15.9. The Morgan fingerprint density at radius 3 is 2.86 bits per heavy atom. The van der Waals surface area contributed by atoms with Crippen LogP contribution in [0.2, 0.25) is 0 Å². The fourth-order valence-electron chi connectivity index (χ4n) is 2.03. The summed E-state index contributed by atoms with van der Waals surface area (Å²) in [7, 11) is 0. The highest BCUT2D eigenvalue weighted by Crippen LogP contribution is 2.19. The van der Waals surface area contributed by atoms with Crippen molar-refractivity contribution in [2.75, 3.05) is 6.86 Å². The van der Waals surface area contributed by atoms with Crippen LogP contribution in [0.4, 0.5) is 4.39 Å². The monoisotopic (exact) mass is 301 g/mol. The smallest absolute Gasteiger partial charge is 0.230 e. The number of halogens is 1. The number of nitrogens with zero attached hydrogens (tertiary/aromatic N) is 3. The second-order valence-electron chi connectivity index (χ2n) is 4.97. The van der Waals surface area contributed by atoms with Crippen molar-refractivity contribution in [2.24, 2.45) is 0 Å². The lowest BCUT2D eigenvalue weighted by atomic mass is 10.1. The van der Waals surface area contributed by atoms with Gasteiger partial charge in [0.25, 0.3) is 0 Å². The predicted molar refractivity (Wildman–Crippen MR) is 86.2 cm³/mol. The topological polar surface area (TPSA) is 39.9 Å². The number of hydrogen-bond donors (Lipinski definition) is 0. The van der Waals surface area contributed by atoms with Crippen LogP contribution in [-0.4, -0.2) is 21.6 Å². The molecule has 2 aromatic heterocycles. The Bertz CT molecular complexity index is 659. The lowest BCUT2D eigenvalue weighted by Crippen LogP contribution is -2.01. The Morgan fingerprint density at radius 1 is 1.45 bits per heavy atom. The van der Waals surface area contributed by atoms with Gasteiger partial charge in [-0.3, -0.25) is 4.68 Å². The fourth-order valence-corrected chi connectivity index (χ4v) is 2.03. The molecule has 0 unspecified atom stereocenters. The van der Waals surface area contributed by atoms with Crippen molar-refractivity contribution in [3.05, 3.63) is 54.0 Å². The fraction of sp³-hybridized carbons (Fsp3) is 0.294. The third kappa shape index (κ3) is 4.04. The molecule has 0 aliphatic heterocycles. The second-order valence-corrected chi connectivity index (χ2v) is 4.97. The van der Waals surface area contributed by atoms with Crippen molar-refractivity contribution in [1.82, 2.24) is 14.8 Å². The first-order valence-electron chi connectivity index (χ1n) is 7.17. The molecule has 0 aliphatic carbocycles. The number of pyridine rings is 1. The zero-order valence-electron chi connectivity index (χ0n) is 12.9. The molecule has 0 saturated heterocycles. The zero-order valence-corrected chi connectivity index (χ0v) is 12.9. The maximum absolute atomic E-state index is 12.1. The van der Waals surface area contributed by atoms with Gasteiger partial charge in [0.05, 0.1) is 12.2 Å². The van der Waals surface area contributed by atoms with E-state index in [1.165, 1.54) is 0 Å². The highest BCUT2D eigenvalue weighted by Gasteiger charge is 2.08. The van der Waals surface area contributed by atoms with E-state index in [4.69, 9.17) is 0 Å². The molecule has 2 aromatic rings. The first-order valence-corrected chi connectivity index (χ1v) is 7.17. The number of allylic oxidation sites excluding steroid dienone is 2. The molecule has 0 aliphatic rings. The lowest BCUT2D eigenvalue weighted by Gasteiger charge is -2.03. The molecule has 0 saturated carbocycles. The van der Waals surface area contributed by atoms with E-state index in [1.807, 2.05) is 29.9 Å². The Hall–Kier alpha value is -2.43. The molecule has 4 nitrogen and oxygen atoms in total. The summed E-state index contributed by atoms with van der Waals surface area (Å²) < 4.78 is 18.6. The van der Waals surface area contributed by atoms with Gasteiger partial charge in [-0.05, 0) is 30.6 Å². The van der Waals surface area contributed by atoms with Gasteiger partial charge in [-0.1, -0.05) is 25.6 Å². The summed E-state index contributed by atoms with van der Waals surface area (Å²) in [6.45, 7) is 7.76. The Morgan fingerprint density at radius 2 is 2.27 bits per heavy atom. The summed E-state index contributed by atoms with van der Waals surface area (Å²) in [5, 5.41) is 4.57. The van der Waals surface area contributed by atoms with Gasteiger partial charge in [-0.15, -0.1) is 0 Å². The standard InChI is InChI=1S/C17H20FN3O/c1-4-5-6-16-15(13(2)3)11-21(20-16)10-14-7-8-17(19-9-14)22-12-18/h5-9,11H,2,4,10,12H2,1,3H3/b6-5-. The molecular weight excluding hydrogens is 281 g/mol. The molecule has 5 heteroatoms. The number of rotatable bonds is 7. The molecule has 116 valence electrons. The van der Waals surface area contributed by atoms with Gasteiger partial charge in [0, 0.05) is 24.0 Å². The van der Waals surface area contributed by atoms with Gasteiger partial charge in [0.2, 0.25) is 12.7 Å². The van der Waals surface area contributed by atoms with Crippen LogP contribution in [0.3, 0.4) is 0 Å². The van der Waals surface area contributed by atoms with Crippen molar-refractivity contribution in [3.63, 3.8) is 0 Å². The van der Waals surface area contributed by atoms with E-state index < -0.39 is 6.86 Å². The van der Waals surface area contributed by atoms with Gasteiger partial charge in [0.15, 0.2) is 0 Å². The number of hydrogen-bond acceptors (Lipinski definition) is 3. The number of aromatic nitrogens is 3. The van der Waals surface area contributed by atoms with Gasteiger partial charge < -0.3 is 4.74 Å². The second kappa shape index (κ2) is 7.54. The molecule has 0 spiro atoms. The average molecular weight is 301 g/mol. The highest BCUT2D eigenvalue weighted by molar-refractivity contribution is 5.69. The summed E-state index contributed by atoms with van der Waals surface area (Å²) in [5.41, 5.74) is 3.90. The van der Waals surface area contributed by atoms with E-state index in [1.54, 1.807) is 12.3 Å². The molecule has 2 heterocycles. The summed E-state index contributed by atoms with van der Waals surface area (Å²) >= 11 is 0. The van der Waals surface area contributed by atoms with Gasteiger partial charge in [0.1, 0.15) is 0 Å². The van der Waals surface area contributed by atoms with Crippen LogP contribution in [0.5, 0.6) is 5.88 Å². The van der Waals surface area contributed by atoms with Gasteiger partial charge >= 0.3 is 0 Å². The van der Waals surface area contributed by atoms with E-state index in [2.05, 4.69) is 34.4 Å². The Labute approximate surface area is 129 Å². The van der Waals surface area contributed by atoms with Crippen molar-refractivity contribution in [2.45, 2.75) is 26.8 Å². The largest absolute Gasteiger partial charge is 0.446 e.